The fourth-order valence-electron chi connectivity index (χ4n) is 2.64. The van der Waals surface area contributed by atoms with Gasteiger partial charge in [0.25, 0.3) is 0 Å². The number of aryl methyl sites for hydroxylation is 1. The van der Waals surface area contributed by atoms with Crippen molar-refractivity contribution in [2.45, 2.75) is 38.6 Å². The van der Waals surface area contributed by atoms with Crippen LogP contribution in [0.1, 0.15) is 31.2 Å². The molecule has 1 heterocycles. The van der Waals surface area contributed by atoms with E-state index < -0.39 is 0 Å². The number of amides is 2. The van der Waals surface area contributed by atoms with Gasteiger partial charge in [-0.25, -0.2) is 4.79 Å². The molecule has 0 unspecified atom stereocenters. The molecule has 0 aliphatic carbocycles. The molecule has 0 radical (unpaired) electrons. The van der Waals surface area contributed by atoms with Crippen LogP contribution < -0.4 is 10.1 Å². The van der Waals surface area contributed by atoms with Crippen LogP contribution in [0.2, 0.25) is 0 Å². The SMILES string of the molecule is Cc1ccc(OCCCCNC(=O)N2CCC[C@H]2CO)cc1. The molecule has 1 aromatic carbocycles. The van der Waals surface area contributed by atoms with E-state index in [9.17, 15) is 9.90 Å². The second kappa shape index (κ2) is 8.63. The number of likely N-dealkylation sites (tertiary alicyclic amines) is 1. The van der Waals surface area contributed by atoms with Gasteiger partial charge in [-0.15, -0.1) is 0 Å². The van der Waals surface area contributed by atoms with Gasteiger partial charge in [0.05, 0.1) is 19.3 Å². The van der Waals surface area contributed by atoms with Gasteiger partial charge in [0.1, 0.15) is 5.75 Å². The molecule has 2 rings (SSSR count). The van der Waals surface area contributed by atoms with E-state index in [2.05, 4.69) is 5.32 Å². The first-order chi connectivity index (χ1) is 10.7. The van der Waals surface area contributed by atoms with Crippen molar-refractivity contribution >= 4 is 6.03 Å². The Kier molecular flexibility index (Phi) is 6.52. The molecule has 1 aliphatic heterocycles. The third kappa shape index (κ3) is 4.91. The summed E-state index contributed by atoms with van der Waals surface area (Å²) < 4.78 is 5.65. The predicted molar refractivity (Wildman–Crippen MR) is 86.1 cm³/mol. The van der Waals surface area contributed by atoms with E-state index in [-0.39, 0.29) is 18.7 Å². The lowest BCUT2D eigenvalue weighted by Crippen LogP contribution is -2.44. The Morgan fingerprint density at radius 2 is 2.14 bits per heavy atom. The topological polar surface area (TPSA) is 61.8 Å². The van der Waals surface area contributed by atoms with Gasteiger partial charge in [0, 0.05) is 13.1 Å². The zero-order valence-corrected chi connectivity index (χ0v) is 13.3. The minimum absolute atomic E-state index is 0.00938. The van der Waals surface area contributed by atoms with E-state index in [4.69, 9.17) is 4.74 Å². The molecule has 2 N–H and O–H groups in total. The molecule has 2 amide bonds. The number of nitrogens with zero attached hydrogens (tertiary/aromatic N) is 1. The molecule has 0 spiro atoms. The fraction of sp³-hybridized carbons (Fsp3) is 0.588. The number of hydrogen-bond acceptors (Lipinski definition) is 3. The van der Waals surface area contributed by atoms with Crippen molar-refractivity contribution in [3.8, 4) is 5.75 Å². The lowest BCUT2D eigenvalue weighted by Gasteiger charge is -2.23. The van der Waals surface area contributed by atoms with E-state index in [1.807, 2.05) is 31.2 Å². The Morgan fingerprint density at radius 1 is 1.36 bits per heavy atom. The molecular formula is C17H26N2O3. The number of carbonyl (C=O) groups excluding carboxylic acids is 1. The molecule has 0 bridgehead atoms. The van der Waals surface area contributed by atoms with Gasteiger partial charge in [-0.2, -0.15) is 0 Å². The van der Waals surface area contributed by atoms with E-state index in [0.717, 1.165) is 38.0 Å². The number of aliphatic hydroxyl groups is 1. The van der Waals surface area contributed by atoms with E-state index in [0.29, 0.717) is 13.2 Å². The lowest BCUT2D eigenvalue weighted by molar-refractivity contribution is 0.157. The number of unbranched alkanes of at least 4 members (excludes halogenated alkanes) is 1. The highest BCUT2D eigenvalue weighted by molar-refractivity contribution is 5.74. The quantitative estimate of drug-likeness (QED) is 0.760. The van der Waals surface area contributed by atoms with E-state index >= 15 is 0 Å². The Hall–Kier alpha value is -1.75. The number of rotatable bonds is 7. The zero-order chi connectivity index (χ0) is 15.8. The smallest absolute Gasteiger partial charge is 0.317 e. The van der Waals surface area contributed by atoms with Gasteiger partial charge < -0.3 is 20.1 Å². The van der Waals surface area contributed by atoms with Gasteiger partial charge in [0.2, 0.25) is 0 Å². The van der Waals surface area contributed by atoms with E-state index in [1.54, 1.807) is 4.90 Å². The standard InChI is InChI=1S/C17H26N2O3/c1-14-6-8-16(9-7-14)22-12-3-2-10-18-17(21)19-11-4-5-15(19)13-20/h6-9,15,20H,2-5,10-13H2,1H3,(H,18,21)/t15-/m0/s1. The summed E-state index contributed by atoms with van der Waals surface area (Å²) in [5, 5.41) is 12.1. The third-order valence-corrected chi connectivity index (χ3v) is 3.99. The van der Waals surface area contributed by atoms with Crippen LogP contribution >= 0.6 is 0 Å². The summed E-state index contributed by atoms with van der Waals surface area (Å²) in [6.07, 6.45) is 3.66. The van der Waals surface area contributed by atoms with E-state index in [1.165, 1.54) is 5.56 Å². The molecule has 1 atom stereocenters. The van der Waals surface area contributed by atoms with Gasteiger partial charge in [-0.1, -0.05) is 17.7 Å². The number of nitrogens with one attached hydrogen (secondary N) is 1. The molecule has 5 nitrogen and oxygen atoms in total. The molecule has 1 aromatic rings. The number of aliphatic hydroxyl groups excluding tert-OH is 1. The fourth-order valence-corrected chi connectivity index (χ4v) is 2.64. The summed E-state index contributed by atoms with van der Waals surface area (Å²) in [5.74, 6) is 0.887. The molecule has 0 saturated carbocycles. The zero-order valence-electron chi connectivity index (χ0n) is 13.3. The summed E-state index contributed by atoms with van der Waals surface area (Å²) >= 11 is 0. The van der Waals surface area contributed by atoms with Crippen LogP contribution in [0.4, 0.5) is 4.79 Å². The monoisotopic (exact) mass is 306 g/mol. The van der Waals surface area contributed by atoms with Crippen LogP contribution in [0.25, 0.3) is 0 Å². The van der Waals surface area contributed by atoms with Crippen molar-refractivity contribution in [1.29, 1.82) is 0 Å². The third-order valence-electron chi connectivity index (χ3n) is 3.99. The molecule has 1 aliphatic rings. The molecule has 1 saturated heterocycles. The van der Waals surface area contributed by atoms with Crippen LogP contribution in [0.5, 0.6) is 5.75 Å². The van der Waals surface area contributed by atoms with Crippen LogP contribution in [-0.4, -0.2) is 48.4 Å². The van der Waals surface area contributed by atoms with Gasteiger partial charge in [-0.05, 0) is 44.7 Å². The number of carbonyl (C=O) groups is 1. The predicted octanol–water partition coefficient (Wildman–Crippen LogP) is 2.32. The Morgan fingerprint density at radius 3 is 2.86 bits per heavy atom. The summed E-state index contributed by atoms with van der Waals surface area (Å²) in [4.78, 5) is 13.7. The number of urea groups is 1. The second-order valence-electron chi connectivity index (χ2n) is 5.77. The first-order valence-electron chi connectivity index (χ1n) is 8.05. The highest BCUT2D eigenvalue weighted by Crippen LogP contribution is 2.16. The maximum atomic E-state index is 12.0. The Labute approximate surface area is 132 Å². The van der Waals surface area contributed by atoms with Crippen molar-refractivity contribution in [3.63, 3.8) is 0 Å². The first kappa shape index (κ1) is 16.6. The van der Waals surface area contributed by atoms with Gasteiger partial charge in [-0.3, -0.25) is 0 Å². The molecule has 1 fully saturated rings. The minimum Gasteiger partial charge on any atom is -0.494 e. The van der Waals surface area contributed by atoms with Crippen molar-refractivity contribution in [3.05, 3.63) is 29.8 Å². The van der Waals surface area contributed by atoms with Crippen molar-refractivity contribution in [1.82, 2.24) is 10.2 Å². The molecule has 122 valence electrons. The maximum Gasteiger partial charge on any atom is 0.317 e. The Balaban J connectivity index is 1.55. The van der Waals surface area contributed by atoms with Crippen LogP contribution in [0, 0.1) is 6.92 Å². The van der Waals surface area contributed by atoms with Gasteiger partial charge >= 0.3 is 6.03 Å². The highest BCUT2D eigenvalue weighted by Gasteiger charge is 2.27. The van der Waals surface area contributed by atoms with Gasteiger partial charge in [0.15, 0.2) is 0 Å². The first-order valence-corrected chi connectivity index (χ1v) is 8.05. The average molecular weight is 306 g/mol. The average Bonchev–Trinajstić information content (AvgIpc) is 3.01. The second-order valence-corrected chi connectivity index (χ2v) is 5.77. The molecule has 22 heavy (non-hydrogen) atoms. The summed E-state index contributed by atoms with van der Waals surface area (Å²) in [6, 6.07) is 7.94. The van der Waals surface area contributed by atoms with Crippen molar-refractivity contribution in [2.24, 2.45) is 0 Å². The summed E-state index contributed by atoms with van der Waals surface area (Å²) in [5.41, 5.74) is 1.22. The number of ether oxygens (including phenoxy) is 1. The maximum absolute atomic E-state index is 12.0. The molecule has 5 heteroatoms. The largest absolute Gasteiger partial charge is 0.494 e. The van der Waals surface area contributed by atoms with Crippen LogP contribution in [0.15, 0.2) is 24.3 Å². The normalized spacial score (nSPS) is 17.5. The van der Waals surface area contributed by atoms with Crippen molar-refractivity contribution in [2.75, 3.05) is 26.3 Å². The number of benzene rings is 1. The molecule has 0 aromatic heterocycles. The van der Waals surface area contributed by atoms with Crippen LogP contribution in [-0.2, 0) is 0 Å². The van der Waals surface area contributed by atoms with Crippen LogP contribution in [0.3, 0.4) is 0 Å². The lowest BCUT2D eigenvalue weighted by atomic mass is 10.2. The summed E-state index contributed by atoms with van der Waals surface area (Å²) in [6.45, 7) is 4.15. The highest BCUT2D eigenvalue weighted by atomic mass is 16.5. The van der Waals surface area contributed by atoms with Crippen molar-refractivity contribution < 1.29 is 14.6 Å². The summed E-state index contributed by atoms with van der Waals surface area (Å²) in [7, 11) is 0. The molecular weight excluding hydrogens is 280 g/mol. The number of hydrogen-bond donors (Lipinski definition) is 2. The minimum atomic E-state index is -0.0593. The Bertz CT molecular complexity index is 461.